The van der Waals surface area contributed by atoms with Gasteiger partial charge in [0, 0.05) is 0 Å². The van der Waals surface area contributed by atoms with Gasteiger partial charge in [0.15, 0.2) is 0 Å². The van der Waals surface area contributed by atoms with Gasteiger partial charge in [0.1, 0.15) is 11.9 Å². The Balaban J connectivity index is 3.03. The Bertz CT molecular complexity index is 645. The number of hydrogen-bond acceptors (Lipinski definition) is 5. The summed E-state index contributed by atoms with van der Waals surface area (Å²) in [6.07, 6.45) is -0.772. The van der Waals surface area contributed by atoms with Gasteiger partial charge in [-0.15, -0.1) is 0 Å². The number of aliphatic carboxylic acids is 2. The molecule has 0 bridgehead atoms. The van der Waals surface area contributed by atoms with Crippen LogP contribution >= 0.6 is 0 Å². The maximum atomic E-state index is 13.6. The lowest BCUT2D eigenvalue weighted by molar-refractivity contribution is -0.144. The van der Waals surface area contributed by atoms with E-state index in [-0.39, 0.29) is 5.69 Å². The SMILES string of the molecule is NS(=O)(=O)c1ccc(NC(CC(=O)O)C(=O)O)c(F)c1. The number of hydrogen-bond donors (Lipinski definition) is 4. The molecule has 5 N–H and O–H groups in total. The molecule has 0 spiro atoms. The van der Waals surface area contributed by atoms with Crippen molar-refractivity contribution in [3.8, 4) is 0 Å². The molecule has 10 heteroatoms. The van der Waals surface area contributed by atoms with E-state index >= 15 is 0 Å². The minimum atomic E-state index is -4.08. The van der Waals surface area contributed by atoms with Crippen LogP contribution < -0.4 is 10.5 Å². The number of sulfonamides is 1. The van der Waals surface area contributed by atoms with Crippen molar-refractivity contribution in [2.45, 2.75) is 17.4 Å². The van der Waals surface area contributed by atoms with Crippen LogP contribution in [0.3, 0.4) is 0 Å². The predicted octanol–water partition coefficient (Wildman–Crippen LogP) is -0.187. The van der Waals surface area contributed by atoms with Crippen molar-refractivity contribution >= 4 is 27.6 Å². The van der Waals surface area contributed by atoms with Gasteiger partial charge in [0.2, 0.25) is 10.0 Å². The molecule has 0 fully saturated rings. The fraction of sp³-hybridized carbons (Fsp3) is 0.200. The number of nitrogens with one attached hydrogen (secondary N) is 1. The summed E-state index contributed by atoms with van der Waals surface area (Å²) in [5.74, 6) is -3.93. The molecule has 0 saturated carbocycles. The van der Waals surface area contributed by atoms with Crippen LogP contribution in [0, 0.1) is 5.82 Å². The van der Waals surface area contributed by atoms with Gasteiger partial charge in [0.25, 0.3) is 0 Å². The summed E-state index contributed by atoms with van der Waals surface area (Å²) in [5.41, 5.74) is -0.342. The van der Waals surface area contributed by atoms with E-state index in [2.05, 4.69) is 5.32 Å². The van der Waals surface area contributed by atoms with Crippen LogP contribution in [-0.2, 0) is 19.6 Å². The third-order valence-corrected chi connectivity index (χ3v) is 3.19. The number of carboxylic acid groups (broad SMARTS) is 2. The lowest BCUT2D eigenvalue weighted by Gasteiger charge is -2.14. The van der Waals surface area contributed by atoms with Gasteiger partial charge in [0.05, 0.1) is 17.0 Å². The first-order valence-corrected chi connectivity index (χ1v) is 6.69. The maximum Gasteiger partial charge on any atom is 0.326 e. The Morgan fingerprint density at radius 2 is 1.95 bits per heavy atom. The number of halogens is 1. The molecule has 110 valence electrons. The molecule has 20 heavy (non-hydrogen) atoms. The van der Waals surface area contributed by atoms with Crippen LogP contribution in [0.2, 0.25) is 0 Å². The molecule has 1 aromatic carbocycles. The van der Waals surface area contributed by atoms with E-state index in [0.29, 0.717) is 6.07 Å². The summed E-state index contributed by atoms with van der Waals surface area (Å²) in [7, 11) is -4.08. The van der Waals surface area contributed by atoms with Crippen LogP contribution in [-0.4, -0.2) is 36.6 Å². The fourth-order valence-corrected chi connectivity index (χ4v) is 1.88. The first kappa shape index (κ1) is 15.9. The molecular weight excluding hydrogens is 295 g/mol. The Morgan fingerprint density at radius 3 is 2.35 bits per heavy atom. The first-order chi connectivity index (χ1) is 9.11. The van der Waals surface area contributed by atoms with E-state index < -0.39 is 45.1 Å². The fourth-order valence-electron chi connectivity index (χ4n) is 1.35. The van der Waals surface area contributed by atoms with Crippen LogP contribution in [0.5, 0.6) is 0 Å². The highest BCUT2D eigenvalue weighted by Crippen LogP contribution is 2.19. The average Bonchev–Trinajstić information content (AvgIpc) is 2.28. The molecule has 0 aliphatic carbocycles. The zero-order chi connectivity index (χ0) is 15.5. The van der Waals surface area contributed by atoms with Crippen LogP contribution in [0.15, 0.2) is 23.1 Å². The second-order valence-corrected chi connectivity index (χ2v) is 5.38. The summed E-state index contributed by atoms with van der Waals surface area (Å²) in [5, 5.41) is 24.3. The number of rotatable bonds is 6. The second-order valence-electron chi connectivity index (χ2n) is 3.82. The van der Waals surface area contributed by atoms with Crippen molar-refractivity contribution in [3.05, 3.63) is 24.0 Å². The predicted molar refractivity (Wildman–Crippen MR) is 65.1 cm³/mol. The van der Waals surface area contributed by atoms with E-state index in [9.17, 15) is 22.4 Å². The zero-order valence-electron chi connectivity index (χ0n) is 9.91. The van der Waals surface area contributed by atoms with Gasteiger partial charge >= 0.3 is 11.9 Å². The monoisotopic (exact) mass is 306 g/mol. The molecule has 0 heterocycles. The molecule has 0 aromatic heterocycles. The summed E-state index contributed by atoms with van der Waals surface area (Å²) < 4.78 is 35.6. The first-order valence-electron chi connectivity index (χ1n) is 5.14. The zero-order valence-corrected chi connectivity index (χ0v) is 10.7. The number of nitrogens with two attached hydrogens (primary N) is 1. The maximum absolute atomic E-state index is 13.6. The van der Waals surface area contributed by atoms with Crippen molar-refractivity contribution in [2.24, 2.45) is 5.14 Å². The van der Waals surface area contributed by atoms with Crippen molar-refractivity contribution in [1.82, 2.24) is 0 Å². The minimum absolute atomic E-state index is 0.342. The normalized spacial score (nSPS) is 12.7. The number of carbonyl (C=O) groups is 2. The number of benzene rings is 1. The van der Waals surface area contributed by atoms with Crippen LogP contribution in [0.4, 0.5) is 10.1 Å². The molecule has 8 nitrogen and oxygen atoms in total. The van der Waals surface area contributed by atoms with Gasteiger partial charge in [-0.2, -0.15) is 0 Å². The van der Waals surface area contributed by atoms with Gasteiger partial charge < -0.3 is 15.5 Å². The molecule has 1 rings (SSSR count). The third-order valence-electron chi connectivity index (χ3n) is 2.28. The smallest absolute Gasteiger partial charge is 0.326 e. The molecule has 0 radical (unpaired) electrons. The van der Waals surface area contributed by atoms with E-state index in [0.717, 1.165) is 12.1 Å². The lowest BCUT2D eigenvalue weighted by Crippen LogP contribution is -2.32. The summed E-state index contributed by atoms with van der Waals surface area (Å²) in [4.78, 5) is 20.8. The van der Waals surface area contributed by atoms with E-state index in [1.165, 1.54) is 0 Å². The molecule has 1 atom stereocenters. The van der Waals surface area contributed by atoms with Crippen molar-refractivity contribution in [2.75, 3.05) is 5.32 Å². The highest BCUT2D eigenvalue weighted by atomic mass is 32.2. The highest BCUT2D eigenvalue weighted by Gasteiger charge is 2.22. The van der Waals surface area contributed by atoms with Crippen LogP contribution in [0.25, 0.3) is 0 Å². The largest absolute Gasteiger partial charge is 0.481 e. The average molecular weight is 306 g/mol. The molecular formula is C10H11FN2O6S. The third kappa shape index (κ3) is 4.17. The van der Waals surface area contributed by atoms with Crippen LogP contribution in [0.1, 0.15) is 6.42 Å². The molecule has 1 aromatic rings. The Labute approximate surface area is 113 Å². The molecule has 0 amide bonds. The van der Waals surface area contributed by atoms with E-state index in [4.69, 9.17) is 15.4 Å². The van der Waals surface area contributed by atoms with E-state index in [1.807, 2.05) is 0 Å². The number of primary sulfonamides is 1. The van der Waals surface area contributed by atoms with Gasteiger partial charge in [-0.3, -0.25) is 4.79 Å². The van der Waals surface area contributed by atoms with Gasteiger partial charge in [-0.1, -0.05) is 0 Å². The number of anilines is 1. The quantitative estimate of drug-likeness (QED) is 0.569. The lowest BCUT2D eigenvalue weighted by atomic mass is 10.2. The van der Waals surface area contributed by atoms with E-state index in [1.54, 1.807) is 0 Å². The molecule has 0 aliphatic rings. The van der Waals surface area contributed by atoms with Gasteiger partial charge in [-0.05, 0) is 18.2 Å². The second kappa shape index (κ2) is 5.84. The minimum Gasteiger partial charge on any atom is -0.481 e. The summed E-state index contributed by atoms with van der Waals surface area (Å²) >= 11 is 0. The van der Waals surface area contributed by atoms with Crippen molar-refractivity contribution in [3.63, 3.8) is 0 Å². The Kier molecular flexibility index (Phi) is 4.63. The topological polar surface area (TPSA) is 147 Å². The number of carboxylic acids is 2. The Hall–Kier alpha value is -2.20. The van der Waals surface area contributed by atoms with Crippen molar-refractivity contribution < 1.29 is 32.6 Å². The summed E-state index contributed by atoms with van der Waals surface area (Å²) in [6, 6.07) is 0.993. The van der Waals surface area contributed by atoms with Gasteiger partial charge in [-0.25, -0.2) is 22.7 Å². The standard InChI is InChI=1S/C10H11FN2O6S/c11-6-3-5(20(12,18)19)1-2-7(6)13-8(10(16)17)4-9(14)15/h1-3,8,13H,4H2,(H,14,15)(H,16,17)(H2,12,18,19). The summed E-state index contributed by atoms with van der Waals surface area (Å²) in [6.45, 7) is 0. The molecule has 0 aliphatic heterocycles. The Morgan fingerprint density at radius 1 is 1.35 bits per heavy atom. The molecule has 0 saturated heterocycles. The molecule has 1 unspecified atom stereocenters. The van der Waals surface area contributed by atoms with Crippen molar-refractivity contribution in [1.29, 1.82) is 0 Å². The highest BCUT2D eigenvalue weighted by molar-refractivity contribution is 7.89.